The first-order valence-corrected chi connectivity index (χ1v) is 9.89. The fourth-order valence-corrected chi connectivity index (χ4v) is 3.56. The molecule has 2 aliphatic heterocycles. The van der Waals surface area contributed by atoms with Crippen LogP contribution in [0.25, 0.3) is 0 Å². The number of hydrogen-bond donors (Lipinski definition) is 2. The molecule has 8 heteroatoms. The molecule has 2 fully saturated rings. The van der Waals surface area contributed by atoms with Crippen molar-refractivity contribution in [3.05, 3.63) is 0 Å². The van der Waals surface area contributed by atoms with E-state index in [2.05, 4.69) is 12.2 Å². The lowest BCUT2D eigenvalue weighted by atomic mass is 9.92. The average Bonchev–Trinajstić information content (AvgIpc) is 2.65. The van der Waals surface area contributed by atoms with E-state index in [0.29, 0.717) is 31.8 Å². The molecule has 0 aromatic carbocycles. The topological polar surface area (TPSA) is 95.7 Å². The SMILES string of the molecule is CC1CCN(C(=O)C2CCN(C(=O)CNC(=O)[C@@H](N)C(C)C)CC2)CC1.Cl. The standard InChI is InChI=1S/C19H34N4O3.ClH/c1-13(2)17(20)18(25)21-12-16(24)22-10-6-15(7-11-22)19(26)23-8-4-14(3)5-9-23;/h13-15,17H,4-12,20H2,1-3H3,(H,21,25);1H/t17-;/m0./s1. The molecule has 0 saturated carbocycles. The molecule has 0 radical (unpaired) electrons. The number of rotatable bonds is 5. The summed E-state index contributed by atoms with van der Waals surface area (Å²) in [5.41, 5.74) is 5.78. The van der Waals surface area contributed by atoms with E-state index >= 15 is 0 Å². The number of hydrogen-bond acceptors (Lipinski definition) is 4. The normalized spacial score (nSPS) is 20.2. The second kappa shape index (κ2) is 10.9. The number of piperidine rings is 2. The van der Waals surface area contributed by atoms with Crippen LogP contribution in [0.5, 0.6) is 0 Å². The molecule has 7 nitrogen and oxygen atoms in total. The molecule has 27 heavy (non-hydrogen) atoms. The van der Waals surface area contributed by atoms with Crippen LogP contribution in [0.1, 0.15) is 46.5 Å². The molecule has 0 aliphatic carbocycles. The molecule has 0 aromatic rings. The average molecular weight is 403 g/mol. The Labute approximate surface area is 168 Å². The maximum Gasteiger partial charge on any atom is 0.241 e. The zero-order chi connectivity index (χ0) is 19.3. The summed E-state index contributed by atoms with van der Waals surface area (Å²) in [5, 5.41) is 2.62. The minimum Gasteiger partial charge on any atom is -0.346 e. The minimum absolute atomic E-state index is 0. The van der Waals surface area contributed by atoms with Crippen LogP contribution in [0, 0.1) is 17.8 Å². The van der Waals surface area contributed by atoms with E-state index in [0.717, 1.165) is 25.9 Å². The Hall–Kier alpha value is -1.34. The number of nitrogens with one attached hydrogen (secondary N) is 1. The molecule has 0 aromatic heterocycles. The number of nitrogens with zero attached hydrogens (tertiary/aromatic N) is 2. The van der Waals surface area contributed by atoms with Gasteiger partial charge in [0.1, 0.15) is 0 Å². The summed E-state index contributed by atoms with van der Waals surface area (Å²) in [6.07, 6.45) is 3.58. The lowest BCUT2D eigenvalue weighted by Crippen LogP contribution is -2.50. The Morgan fingerprint density at radius 2 is 1.52 bits per heavy atom. The summed E-state index contributed by atoms with van der Waals surface area (Å²) < 4.78 is 0. The quantitative estimate of drug-likeness (QED) is 0.717. The first-order chi connectivity index (χ1) is 12.3. The number of nitrogens with two attached hydrogens (primary N) is 1. The van der Waals surface area contributed by atoms with Crippen molar-refractivity contribution in [1.29, 1.82) is 0 Å². The van der Waals surface area contributed by atoms with Gasteiger partial charge >= 0.3 is 0 Å². The maximum atomic E-state index is 12.6. The highest BCUT2D eigenvalue weighted by molar-refractivity contribution is 5.87. The van der Waals surface area contributed by atoms with E-state index in [1.165, 1.54) is 0 Å². The van der Waals surface area contributed by atoms with Crippen LogP contribution in [0.4, 0.5) is 0 Å². The highest BCUT2D eigenvalue weighted by Gasteiger charge is 2.31. The van der Waals surface area contributed by atoms with Gasteiger partial charge < -0.3 is 20.9 Å². The maximum absolute atomic E-state index is 12.6. The second-order valence-corrected chi connectivity index (χ2v) is 8.15. The Morgan fingerprint density at radius 1 is 1.00 bits per heavy atom. The van der Waals surface area contributed by atoms with Gasteiger partial charge in [0.2, 0.25) is 17.7 Å². The van der Waals surface area contributed by atoms with Gasteiger partial charge in [0.15, 0.2) is 0 Å². The van der Waals surface area contributed by atoms with E-state index in [-0.39, 0.29) is 48.5 Å². The number of amides is 3. The fourth-order valence-electron chi connectivity index (χ4n) is 3.56. The van der Waals surface area contributed by atoms with Crippen LogP contribution in [0.2, 0.25) is 0 Å². The van der Waals surface area contributed by atoms with Gasteiger partial charge in [-0.2, -0.15) is 0 Å². The van der Waals surface area contributed by atoms with E-state index in [1.807, 2.05) is 18.7 Å². The Balaban J connectivity index is 0.00000364. The van der Waals surface area contributed by atoms with Crippen LogP contribution < -0.4 is 11.1 Å². The van der Waals surface area contributed by atoms with E-state index in [9.17, 15) is 14.4 Å². The van der Waals surface area contributed by atoms with Gasteiger partial charge in [0.25, 0.3) is 0 Å². The predicted octanol–water partition coefficient (Wildman–Crippen LogP) is 1.00. The van der Waals surface area contributed by atoms with Gasteiger partial charge in [-0.3, -0.25) is 14.4 Å². The Morgan fingerprint density at radius 3 is 2.04 bits per heavy atom. The van der Waals surface area contributed by atoms with Gasteiger partial charge in [0.05, 0.1) is 12.6 Å². The summed E-state index contributed by atoms with van der Waals surface area (Å²) >= 11 is 0. The monoisotopic (exact) mass is 402 g/mol. The van der Waals surface area contributed by atoms with Gasteiger partial charge in [-0.25, -0.2) is 0 Å². The van der Waals surface area contributed by atoms with Crippen LogP contribution >= 0.6 is 12.4 Å². The minimum atomic E-state index is -0.599. The molecule has 2 heterocycles. The molecule has 0 unspecified atom stereocenters. The smallest absolute Gasteiger partial charge is 0.241 e. The molecule has 0 spiro atoms. The van der Waals surface area contributed by atoms with Crippen molar-refractivity contribution < 1.29 is 14.4 Å². The first kappa shape index (κ1) is 23.7. The number of carbonyl (C=O) groups excluding carboxylic acids is 3. The molecular weight excluding hydrogens is 368 g/mol. The highest BCUT2D eigenvalue weighted by atomic mass is 35.5. The van der Waals surface area contributed by atoms with Gasteiger partial charge in [-0.05, 0) is 37.5 Å². The van der Waals surface area contributed by atoms with Crippen molar-refractivity contribution in [3.63, 3.8) is 0 Å². The summed E-state index contributed by atoms with van der Waals surface area (Å²) in [6.45, 7) is 8.83. The molecule has 2 rings (SSSR count). The van der Waals surface area contributed by atoms with E-state index < -0.39 is 6.04 Å². The van der Waals surface area contributed by atoms with Crippen molar-refractivity contribution in [1.82, 2.24) is 15.1 Å². The van der Waals surface area contributed by atoms with E-state index in [4.69, 9.17) is 5.73 Å². The third kappa shape index (κ3) is 6.64. The summed E-state index contributed by atoms with van der Waals surface area (Å²) in [5.74, 6) is 0.614. The summed E-state index contributed by atoms with van der Waals surface area (Å²) in [6, 6.07) is -0.599. The fraction of sp³-hybridized carbons (Fsp3) is 0.842. The van der Waals surface area contributed by atoms with Gasteiger partial charge in [-0.1, -0.05) is 20.8 Å². The lowest BCUT2D eigenvalue weighted by molar-refractivity contribution is -0.141. The third-order valence-electron chi connectivity index (χ3n) is 5.73. The molecule has 3 amide bonds. The van der Waals surface area contributed by atoms with Crippen molar-refractivity contribution >= 4 is 30.1 Å². The third-order valence-corrected chi connectivity index (χ3v) is 5.73. The van der Waals surface area contributed by atoms with Crippen molar-refractivity contribution in [2.24, 2.45) is 23.5 Å². The summed E-state index contributed by atoms with van der Waals surface area (Å²) in [4.78, 5) is 40.5. The predicted molar refractivity (Wildman–Crippen MR) is 107 cm³/mol. The van der Waals surface area contributed by atoms with Crippen LogP contribution in [0.3, 0.4) is 0 Å². The molecule has 2 aliphatic rings. The zero-order valence-electron chi connectivity index (χ0n) is 16.8. The van der Waals surface area contributed by atoms with Crippen molar-refractivity contribution in [2.45, 2.75) is 52.5 Å². The summed E-state index contributed by atoms with van der Waals surface area (Å²) in [7, 11) is 0. The Kier molecular flexibility index (Phi) is 9.53. The van der Waals surface area contributed by atoms with Crippen LogP contribution in [0.15, 0.2) is 0 Å². The molecule has 2 saturated heterocycles. The number of carbonyl (C=O) groups is 3. The molecular formula is C19H35ClN4O3. The lowest BCUT2D eigenvalue weighted by Gasteiger charge is -2.36. The highest BCUT2D eigenvalue weighted by Crippen LogP contribution is 2.23. The van der Waals surface area contributed by atoms with Crippen LogP contribution in [-0.4, -0.2) is 66.3 Å². The molecule has 3 N–H and O–H groups in total. The Bertz CT molecular complexity index is 513. The number of halogens is 1. The number of likely N-dealkylation sites (tertiary alicyclic amines) is 2. The van der Waals surface area contributed by atoms with Crippen LogP contribution in [-0.2, 0) is 14.4 Å². The molecule has 156 valence electrons. The molecule has 1 atom stereocenters. The zero-order valence-corrected chi connectivity index (χ0v) is 17.6. The van der Waals surface area contributed by atoms with E-state index in [1.54, 1.807) is 4.90 Å². The first-order valence-electron chi connectivity index (χ1n) is 9.89. The molecule has 0 bridgehead atoms. The van der Waals surface area contributed by atoms with Gasteiger partial charge in [-0.15, -0.1) is 12.4 Å². The van der Waals surface area contributed by atoms with Crippen molar-refractivity contribution in [2.75, 3.05) is 32.7 Å². The van der Waals surface area contributed by atoms with Gasteiger partial charge in [0, 0.05) is 32.1 Å². The second-order valence-electron chi connectivity index (χ2n) is 8.15. The van der Waals surface area contributed by atoms with Crippen molar-refractivity contribution in [3.8, 4) is 0 Å². The largest absolute Gasteiger partial charge is 0.346 e.